The van der Waals surface area contributed by atoms with Gasteiger partial charge in [-0.1, -0.05) is 97.1 Å². The SMILES string of the molecule is O=C(O)[C@H](N=C(c1ccccc1)c1ccccc1NC(=O)[C@@H]1CCCN1Cc1ccccc1)[C@@H](CC(=O)N1CCOC1=O)c1ccccc1C(F)(F)F. The van der Waals surface area contributed by atoms with Crippen LogP contribution >= 0.6 is 0 Å². The number of alkyl halides is 3. The van der Waals surface area contributed by atoms with Crippen molar-refractivity contribution in [2.24, 2.45) is 4.99 Å². The fourth-order valence-corrected chi connectivity index (χ4v) is 6.89. The summed E-state index contributed by atoms with van der Waals surface area (Å²) in [5.74, 6) is -4.44. The number of hydrogen-bond acceptors (Lipinski definition) is 7. The zero-order valence-corrected chi connectivity index (χ0v) is 28.5. The van der Waals surface area contributed by atoms with Gasteiger partial charge < -0.3 is 15.2 Å². The lowest BCUT2D eigenvalue weighted by molar-refractivity contribution is -0.142. The summed E-state index contributed by atoms with van der Waals surface area (Å²) in [7, 11) is 0. The number of cyclic esters (lactones) is 1. The van der Waals surface area contributed by atoms with E-state index in [9.17, 15) is 37.5 Å². The third-order valence-electron chi connectivity index (χ3n) is 9.41. The molecule has 2 fully saturated rings. The molecule has 0 unspecified atom stereocenters. The van der Waals surface area contributed by atoms with E-state index in [1.54, 1.807) is 54.6 Å². The van der Waals surface area contributed by atoms with Crippen LogP contribution in [0.25, 0.3) is 0 Å². The molecule has 4 aromatic rings. The number of benzene rings is 4. The van der Waals surface area contributed by atoms with E-state index >= 15 is 0 Å². The summed E-state index contributed by atoms with van der Waals surface area (Å²) in [6.45, 7) is 1.07. The highest BCUT2D eigenvalue weighted by molar-refractivity contribution is 6.18. The molecule has 0 aromatic heterocycles. The summed E-state index contributed by atoms with van der Waals surface area (Å²) in [5.41, 5.74) is 0.600. The molecular weight excluding hydrogens is 689 g/mol. The molecule has 2 N–H and O–H groups in total. The van der Waals surface area contributed by atoms with Crippen molar-refractivity contribution < 1.29 is 42.2 Å². The Morgan fingerprint density at radius 1 is 0.887 bits per heavy atom. The largest absolute Gasteiger partial charge is 0.480 e. The number of carbonyl (C=O) groups excluding carboxylic acids is 3. The quantitative estimate of drug-likeness (QED) is 0.155. The van der Waals surface area contributed by atoms with Gasteiger partial charge in [0, 0.05) is 30.0 Å². The van der Waals surface area contributed by atoms with Crippen LogP contribution in [0, 0.1) is 0 Å². The predicted molar refractivity (Wildman–Crippen MR) is 190 cm³/mol. The number of aliphatic imine (C=N–C) groups is 1. The summed E-state index contributed by atoms with van der Waals surface area (Å²) < 4.78 is 48.1. The van der Waals surface area contributed by atoms with Crippen LogP contribution in [0.3, 0.4) is 0 Å². The van der Waals surface area contributed by atoms with Crippen LogP contribution in [-0.4, -0.2) is 76.3 Å². The maximum atomic E-state index is 14.4. The van der Waals surface area contributed by atoms with Crippen LogP contribution in [0.15, 0.2) is 114 Å². The molecule has 0 radical (unpaired) electrons. The van der Waals surface area contributed by atoms with E-state index in [4.69, 9.17) is 4.74 Å². The molecule has 3 atom stereocenters. The lowest BCUT2D eigenvalue weighted by atomic mass is 9.84. The average Bonchev–Trinajstić information content (AvgIpc) is 3.81. The lowest BCUT2D eigenvalue weighted by Crippen LogP contribution is -2.39. The number of hydrogen-bond donors (Lipinski definition) is 2. The molecule has 2 heterocycles. The number of nitrogens with zero attached hydrogens (tertiary/aromatic N) is 3. The van der Waals surface area contributed by atoms with Gasteiger partial charge in [-0.25, -0.2) is 14.5 Å². The maximum Gasteiger partial charge on any atom is 0.416 e. The van der Waals surface area contributed by atoms with Crippen LogP contribution in [0.5, 0.6) is 0 Å². The summed E-state index contributed by atoms with van der Waals surface area (Å²) in [5, 5.41) is 13.7. The van der Waals surface area contributed by atoms with Crippen molar-refractivity contribution in [3.63, 3.8) is 0 Å². The summed E-state index contributed by atoms with van der Waals surface area (Å²) >= 11 is 0. The minimum Gasteiger partial charge on any atom is -0.480 e. The molecule has 2 aliphatic heterocycles. The van der Waals surface area contributed by atoms with Crippen molar-refractivity contribution >= 4 is 35.3 Å². The fourth-order valence-electron chi connectivity index (χ4n) is 6.89. The van der Waals surface area contributed by atoms with Gasteiger partial charge in [0.25, 0.3) is 0 Å². The monoisotopic (exact) mass is 726 g/mol. The Labute approximate surface area is 303 Å². The molecule has 2 saturated heterocycles. The van der Waals surface area contributed by atoms with Crippen molar-refractivity contribution in [1.82, 2.24) is 9.80 Å². The Kier molecular flexibility index (Phi) is 11.3. The van der Waals surface area contributed by atoms with Crippen molar-refractivity contribution in [3.8, 4) is 0 Å². The number of aliphatic carboxylic acids is 1. The number of para-hydroxylation sites is 1. The number of nitrogens with one attached hydrogen (secondary N) is 1. The number of anilines is 1. The van der Waals surface area contributed by atoms with Gasteiger partial charge in [-0.15, -0.1) is 0 Å². The molecule has 0 aliphatic carbocycles. The van der Waals surface area contributed by atoms with Gasteiger partial charge in [-0.05, 0) is 42.6 Å². The number of halogens is 3. The Morgan fingerprint density at radius 2 is 1.55 bits per heavy atom. The van der Waals surface area contributed by atoms with E-state index < -0.39 is 59.7 Å². The van der Waals surface area contributed by atoms with Crippen LogP contribution in [0.4, 0.5) is 23.7 Å². The average molecular weight is 727 g/mol. The number of carboxylic acids is 1. The van der Waals surface area contributed by atoms with Crippen LogP contribution in [-0.2, 0) is 31.8 Å². The smallest absolute Gasteiger partial charge is 0.416 e. The molecule has 10 nitrogen and oxygen atoms in total. The van der Waals surface area contributed by atoms with E-state index in [0.29, 0.717) is 29.8 Å². The summed E-state index contributed by atoms with van der Waals surface area (Å²) in [6, 6.07) is 26.9. The predicted octanol–water partition coefficient (Wildman–Crippen LogP) is 6.75. The Bertz CT molecular complexity index is 1990. The second-order valence-electron chi connectivity index (χ2n) is 12.8. The van der Waals surface area contributed by atoms with Crippen LogP contribution < -0.4 is 5.32 Å². The van der Waals surface area contributed by atoms with Crippen molar-refractivity contribution in [3.05, 3.63) is 137 Å². The highest BCUT2D eigenvalue weighted by atomic mass is 19.4. The third kappa shape index (κ3) is 8.63. The molecule has 0 spiro atoms. The first-order chi connectivity index (χ1) is 25.5. The van der Waals surface area contributed by atoms with Gasteiger partial charge in [0.15, 0.2) is 6.04 Å². The van der Waals surface area contributed by atoms with Gasteiger partial charge in [0.05, 0.1) is 29.5 Å². The van der Waals surface area contributed by atoms with Gasteiger partial charge in [-0.3, -0.25) is 19.5 Å². The molecule has 13 heteroatoms. The topological polar surface area (TPSA) is 129 Å². The molecule has 0 bridgehead atoms. The first-order valence-electron chi connectivity index (χ1n) is 17.2. The van der Waals surface area contributed by atoms with Crippen LogP contribution in [0.2, 0.25) is 0 Å². The maximum absolute atomic E-state index is 14.4. The number of carbonyl (C=O) groups is 4. The zero-order valence-electron chi connectivity index (χ0n) is 28.5. The Morgan fingerprint density at radius 3 is 2.23 bits per heavy atom. The van der Waals surface area contributed by atoms with E-state index in [1.807, 2.05) is 30.3 Å². The van der Waals surface area contributed by atoms with Crippen molar-refractivity contribution in [2.45, 2.75) is 50.0 Å². The Hall–Kier alpha value is -5.82. The lowest BCUT2D eigenvalue weighted by Gasteiger charge is -2.27. The molecule has 2 aliphatic rings. The van der Waals surface area contributed by atoms with Crippen molar-refractivity contribution in [2.75, 3.05) is 25.0 Å². The number of rotatable bonds is 12. The Balaban J connectivity index is 1.42. The number of imide groups is 1. The summed E-state index contributed by atoms with van der Waals surface area (Å²) in [6.07, 6.45) is -5.21. The van der Waals surface area contributed by atoms with Gasteiger partial charge >= 0.3 is 18.2 Å². The van der Waals surface area contributed by atoms with E-state index in [0.717, 1.165) is 35.6 Å². The number of carboxylic acid groups (broad SMARTS) is 1. The van der Waals surface area contributed by atoms with Crippen molar-refractivity contribution in [1.29, 1.82) is 0 Å². The molecule has 53 heavy (non-hydrogen) atoms. The highest BCUT2D eigenvalue weighted by Crippen LogP contribution is 2.39. The normalized spacial score (nSPS) is 17.6. The molecule has 0 saturated carbocycles. The first-order valence-corrected chi connectivity index (χ1v) is 17.2. The second kappa shape index (κ2) is 16.2. The molecular formula is C40H37F3N4O6. The zero-order chi connectivity index (χ0) is 37.5. The van der Waals surface area contributed by atoms with E-state index in [-0.39, 0.29) is 24.8 Å². The second-order valence-corrected chi connectivity index (χ2v) is 12.8. The van der Waals surface area contributed by atoms with E-state index in [1.165, 1.54) is 12.1 Å². The molecule has 4 aromatic carbocycles. The molecule has 274 valence electrons. The highest BCUT2D eigenvalue weighted by Gasteiger charge is 2.42. The molecule has 6 rings (SSSR count). The standard InChI is InChI=1S/C40H37F3N4O6/c41-40(42,43)31-18-9-7-16-28(31)30(24-34(48)47-22-23-53-39(47)52)36(38(50)51)45-35(27-14-5-2-6-15-27)29-17-8-10-19-32(29)44-37(49)33-20-11-21-46(33)25-26-12-3-1-4-13-26/h1-10,12-19,30,33,36H,11,20-25H2,(H,44,49)(H,50,51)/t30-,33-,36+/m0/s1. The fraction of sp³-hybridized carbons (Fsp3) is 0.275. The summed E-state index contributed by atoms with van der Waals surface area (Å²) in [4.78, 5) is 60.3. The first kappa shape index (κ1) is 37.0. The minimum atomic E-state index is -4.90. The minimum absolute atomic E-state index is 0.0731. The van der Waals surface area contributed by atoms with Crippen LogP contribution in [0.1, 0.15) is 53.0 Å². The van der Waals surface area contributed by atoms with Gasteiger partial charge in [-0.2, -0.15) is 13.2 Å². The van der Waals surface area contributed by atoms with Gasteiger partial charge in [0.1, 0.15) is 6.61 Å². The third-order valence-corrected chi connectivity index (χ3v) is 9.41. The number of amides is 3. The number of ether oxygens (including phenoxy) is 1. The molecule has 3 amide bonds. The van der Waals surface area contributed by atoms with Gasteiger partial charge in [0.2, 0.25) is 11.8 Å². The number of likely N-dealkylation sites (tertiary alicyclic amines) is 1. The van der Waals surface area contributed by atoms with E-state index in [2.05, 4.69) is 15.2 Å².